The second kappa shape index (κ2) is 12.5. The van der Waals surface area contributed by atoms with E-state index in [0.717, 1.165) is 16.8 Å². The van der Waals surface area contributed by atoms with Crippen molar-refractivity contribution in [3.05, 3.63) is 107 Å². The van der Waals surface area contributed by atoms with E-state index in [-0.39, 0.29) is 13.2 Å². The lowest BCUT2D eigenvalue weighted by Crippen LogP contribution is -2.02. The van der Waals surface area contributed by atoms with Gasteiger partial charge < -0.3 is 27.5 Å². The van der Waals surface area contributed by atoms with Gasteiger partial charge in [-0.3, -0.25) is 0 Å². The Morgan fingerprint density at radius 1 is 0.907 bits per heavy atom. The second-order valence-electron chi connectivity index (χ2n) is 9.45. The number of hydrogen-bond donors (Lipinski definition) is 0. The van der Waals surface area contributed by atoms with Crippen LogP contribution in [0.4, 0.5) is 0 Å². The Kier molecular flexibility index (Phi) is 8.03. The smallest absolute Gasteiger partial charge is 0.263 e. The van der Waals surface area contributed by atoms with Crippen LogP contribution in [0.15, 0.2) is 86.4 Å². The highest BCUT2D eigenvalue weighted by molar-refractivity contribution is 5.68. The number of rotatable bonds is 12. The maximum Gasteiger partial charge on any atom is 0.263 e. The van der Waals surface area contributed by atoms with Crippen molar-refractivity contribution in [3.63, 3.8) is 0 Å². The van der Waals surface area contributed by atoms with Gasteiger partial charge in [-0.05, 0) is 55.0 Å². The van der Waals surface area contributed by atoms with Gasteiger partial charge in [0.1, 0.15) is 24.7 Å². The van der Waals surface area contributed by atoms with Crippen LogP contribution in [0.2, 0.25) is 0 Å². The zero-order valence-electron chi connectivity index (χ0n) is 23.9. The summed E-state index contributed by atoms with van der Waals surface area (Å²) in [7, 11) is 1.59. The van der Waals surface area contributed by atoms with E-state index in [1.807, 2.05) is 74.7 Å². The molecule has 0 spiro atoms. The minimum atomic E-state index is 0.203. The lowest BCUT2D eigenvalue weighted by molar-refractivity contribution is 0.275. The Morgan fingerprint density at radius 3 is 2.56 bits per heavy atom. The molecule has 4 heterocycles. The minimum absolute atomic E-state index is 0.203. The Morgan fingerprint density at radius 2 is 1.79 bits per heavy atom. The molecule has 0 unspecified atom stereocenters. The molecule has 0 radical (unpaired) electrons. The molecule has 0 aliphatic heterocycles. The van der Waals surface area contributed by atoms with Gasteiger partial charge in [0.25, 0.3) is 5.89 Å². The number of ether oxygens (including phenoxy) is 3. The number of methoxy groups -OCH3 is 1. The quantitative estimate of drug-likeness (QED) is 0.154. The van der Waals surface area contributed by atoms with E-state index in [1.54, 1.807) is 36.3 Å². The molecule has 218 valence electrons. The Hall–Kier alpha value is -5.58. The fraction of sp³-hybridized carbons (Fsp3) is 0.188. The molecule has 0 N–H and O–H groups in total. The summed E-state index contributed by atoms with van der Waals surface area (Å²) in [6.07, 6.45) is 7.72. The molecular weight excluding hydrogens is 550 g/mol. The van der Waals surface area contributed by atoms with Crippen LogP contribution in [0.5, 0.6) is 17.4 Å². The second-order valence-corrected chi connectivity index (χ2v) is 9.45. The van der Waals surface area contributed by atoms with Crippen LogP contribution in [0.3, 0.4) is 0 Å². The van der Waals surface area contributed by atoms with E-state index in [2.05, 4.69) is 20.3 Å². The zero-order chi connectivity index (χ0) is 29.6. The van der Waals surface area contributed by atoms with Crippen LogP contribution in [0.25, 0.3) is 29.5 Å². The molecule has 11 nitrogen and oxygen atoms in total. The van der Waals surface area contributed by atoms with Crippen molar-refractivity contribution in [2.24, 2.45) is 0 Å². The molecule has 4 aromatic heterocycles. The molecule has 43 heavy (non-hydrogen) atoms. The number of aryl methyl sites for hydroxylation is 2. The van der Waals surface area contributed by atoms with Gasteiger partial charge in [-0.1, -0.05) is 31.2 Å². The van der Waals surface area contributed by atoms with Gasteiger partial charge in [0, 0.05) is 18.7 Å². The van der Waals surface area contributed by atoms with Crippen LogP contribution in [0, 0.1) is 6.92 Å². The SMILES string of the molecule is CCc1nnc(/C=C/c2cn(-c3ccccc3)nc2OCc2ccc(OCc3nc(-c4ccco4)oc3C)c(OC)c2)o1. The number of aromatic nitrogens is 5. The van der Waals surface area contributed by atoms with Gasteiger partial charge in [-0.25, -0.2) is 9.67 Å². The molecule has 0 fully saturated rings. The largest absolute Gasteiger partial charge is 0.493 e. The summed E-state index contributed by atoms with van der Waals surface area (Å²) in [5.74, 6) is 4.18. The number of benzene rings is 2. The van der Waals surface area contributed by atoms with Crippen molar-refractivity contribution in [3.8, 4) is 34.7 Å². The maximum atomic E-state index is 6.19. The molecule has 0 saturated heterocycles. The van der Waals surface area contributed by atoms with E-state index in [0.29, 0.717) is 58.7 Å². The van der Waals surface area contributed by atoms with Gasteiger partial charge in [-0.15, -0.1) is 15.3 Å². The molecule has 2 aromatic carbocycles. The predicted octanol–water partition coefficient (Wildman–Crippen LogP) is 6.71. The Balaban J connectivity index is 1.17. The van der Waals surface area contributed by atoms with Gasteiger partial charge >= 0.3 is 0 Å². The molecular formula is C32H29N5O6. The Bertz CT molecular complexity index is 1820. The highest BCUT2D eigenvalue weighted by Crippen LogP contribution is 2.31. The van der Waals surface area contributed by atoms with E-state index >= 15 is 0 Å². The van der Waals surface area contributed by atoms with Crippen LogP contribution >= 0.6 is 0 Å². The van der Waals surface area contributed by atoms with E-state index in [4.69, 9.17) is 27.5 Å². The van der Waals surface area contributed by atoms with Crippen molar-refractivity contribution in [1.82, 2.24) is 25.0 Å². The Labute approximate surface area is 247 Å². The standard InChI is InChI=1S/C32H29N5O6/c1-4-29-34-35-30(43-29)15-13-23-18-37(24-9-6-5-7-10-24)36-31(23)41-19-22-12-14-26(28(17-22)38-3)40-20-25-21(2)42-32(33-25)27-11-8-16-39-27/h5-18H,4,19-20H2,1-3H3/b15-13+. The average Bonchev–Trinajstić information content (AvgIpc) is 3.86. The van der Waals surface area contributed by atoms with Crippen molar-refractivity contribution in [1.29, 1.82) is 0 Å². The summed E-state index contributed by atoms with van der Waals surface area (Å²) < 4.78 is 36.3. The molecule has 0 bridgehead atoms. The first-order chi connectivity index (χ1) is 21.1. The van der Waals surface area contributed by atoms with Crippen molar-refractivity contribution >= 4 is 12.2 Å². The van der Waals surface area contributed by atoms with Crippen molar-refractivity contribution < 1.29 is 27.5 Å². The van der Waals surface area contributed by atoms with Crippen molar-refractivity contribution in [2.75, 3.05) is 7.11 Å². The van der Waals surface area contributed by atoms with Gasteiger partial charge in [-0.2, -0.15) is 0 Å². The molecule has 6 rings (SSSR count). The van der Waals surface area contributed by atoms with Gasteiger partial charge in [0.2, 0.25) is 17.7 Å². The molecule has 0 aliphatic carbocycles. The van der Waals surface area contributed by atoms with Crippen LogP contribution in [0.1, 0.15) is 41.3 Å². The molecule has 0 aliphatic rings. The monoisotopic (exact) mass is 579 g/mol. The number of furan rings is 1. The molecule has 6 aromatic rings. The van der Waals surface area contributed by atoms with Crippen LogP contribution in [-0.2, 0) is 19.6 Å². The number of oxazole rings is 1. The zero-order valence-corrected chi connectivity index (χ0v) is 23.9. The van der Waals surface area contributed by atoms with Crippen LogP contribution < -0.4 is 14.2 Å². The maximum absolute atomic E-state index is 6.19. The van der Waals surface area contributed by atoms with Gasteiger partial charge in [0.05, 0.1) is 24.6 Å². The lowest BCUT2D eigenvalue weighted by Gasteiger charge is -2.12. The highest BCUT2D eigenvalue weighted by atomic mass is 16.5. The summed E-state index contributed by atoms with van der Waals surface area (Å²) in [5, 5.41) is 12.8. The van der Waals surface area contributed by atoms with Crippen molar-refractivity contribution in [2.45, 2.75) is 33.5 Å². The van der Waals surface area contributed by atoms with E-state index in [1.165, 1.54) is 0 Å². The van der Waals surface area contributed by atoms with E-state index in [9.17, 15) is 0 Å². The van der Waals surface area contributed by atoms with Gasteiger partial charge in [0.15, 0.2) is 17.3 Å². The molecule has 0 saturated carbocycles. The topological polar surface area (TPSA) is 124 Å². The molecule has 0 atom stereocenters. The molecule has 0 amide bonds. The highest BCUT2D eigenvalue weighted by Gasteiger charge is 2.16. The molecule has 11 heteroatoms. The lowest BCUT2D eigenvalue weighted by atomic mass is 10.2. The predicted molar refractivity (Wildman–Crippen MR) is 157 cm³/mol. The first-order valence-corrected chi connectivity index (χ1v) is 13.7. The summed E-state index contributed by atoms with van der Waals surface area (Å²) in [6.45, 7) is 4.25. The normalized spacial score (nSPS) is 11.3. The first-order valence-electron chi connectivity index (χ1n) is 13.7. The summed E-state index contributed by atoms with van der Waals surface area (Å²) in [4.78, 5) is 4.50. The third kappa shape index (κ3) is 6.35. The number of para-hydroxylation sites is 1. The first kappa shape index (κ1) is 27.6. The average molecular weight is 580 g/mol. The van der Waals surface area contributed by atoms with Crippen LogP contribution in [-0.4, -0.2) is 32.1 Å². The number of nitrogens with zero attached hydrogens (tertiary/aromatic N) is 5. The third-order valence-electron chi connectivity index (χ3n) is 6.51. The van der Waals surface area contributed by atoms with E-state index < -0.39 is 0 Å². The fourth-order valence-electron chi connectivity index (χ4n) is 4.24. The summed E-state index contributed by atoms with van der Waals surface area (Å²) >= 11 is 0. The fourth-order valence-corrected chi connectivity index (χ4v) is 4.24. The summed E-state index contributed by atoms with van der Waals surface area (Å²) in [5.41, 5.74) is 3.20. The summed E-state index contributed by atoms with van der Waals surface area (Å²) in [6, 6.07) is 19.0. The third-order valence-corrected chi connectivity index (χ3v) is 6.51. The minimum Gasteiger partial charge on any atom is -0.493 e. The number of hydrogen-bond acceptors (Lipinski definition) is 10.